The third-order valence-electron chi connectivity index (χ3n) is 5.37. The number of benzene rings is 1. The van der Waals surface area contributed by atoms with Gasteiger partial charge >= 0.3 is 6.03 Å². The molecule has 2 heterocycles. The van der Waals surface area contributed by atoms with Crippen molar-refractivity contribution >= 4 is 6.03 Å². The molecule has 24 heavy (non-hydrogen) atoms. The molecule has 0 spiro atoms. The number of nitrogens with zero attached hydrogens (tertiary/aromatic N) is 2. The van der Waals surface area contributed by atoms with E-state index in [4.69, 9.17) is 0 Å². The topological polar surface area (TPSA) is 55.8 Å². The van der Waals surface area contributed by atoms with Gasteiger partial charge in [0.05, 0.1) is 6.10 Å². The van der Waals surface area contributed by atoms with Gasteiger partial charge in [-0.15, -0.1) is 0 Å². The van der Waals surface area contributed by atoms with E-state index < -0.39 is 0 Å². The molecule has 2 unspecified atom stereocenters. The van der Waals surface area contributed by atoms with Crippen LogP contribution in [-0.2, 0) is 0 Å². The fraction of sp³-hybridized carbons (Fsp3) is 0.632. The fourth-order valence-electron chi connectivity index (χ4n) is 3.78. The van der Waals surface area contributed by atoms with Crippen molar-refractivity contribution < 1.29 is 9.90 Å². The van der Waals surface area contributed by atoms with Crippen LogP contribution in [0.25, 0.3) is 0 Å². The van der Waals surface area contributed by atoms with E-state index in [1.807, 2.05) is 0 Å². The molecule has 0 aliphatic carbocycles. The Morgan fingerprint density at radius 1 is 1.17 bits per heavy atom. The average molecular weight is 331 g/mol. The van der Waals surface area contributed by atoms with Gasteiger partial charge in [-0.2, -0.15) is 0 Å². The highest BCUT2D eigenvalue weighted by Crippen LogP contribution is 2.24. The summed E-state index contributed by atoms with van der Waals surface area (Å²) in [7, 11) is 0. The number of hydrogen-bond donors (Lipinski definition) is 2. The van der Waals surface area contributed by atoms with E-state index in [2.05, 4.69) is 47.5 Å². The molecule has 5 nitrogen and oxygen atoms in total. The van der Waals surface area contributed by atoms with Crippen LogP contribution in [0.3, 0.4) is 0 Å². The Morgan fingerprint density at radius 2 is 1.88 bits per heavy atom. The Kier molecular flexibility index (Phi) is 5.74. The molecule has 2 atom stereocenters. The van der Waals surface area contributed by atoms with Crippen molar-refractivity contribution in [3.05, 3.63) is 35.9 Å². The van der Waals surface area contributed by atoms with E-state index in [1.54, 1.807) is 4.90 Å². The minimum atomic E-state index is -0.363. The standard InChI is InChI=1S/C19H29N3O2/c1-15(16-6-3-2-4-7-16)21-12-9-17(10-13-21)20-19(24)22-11-5-8-18(23)14-22/h2-4,6-7,15,17-18,23H,5,8-14H2,1H3,(H,20,24). The molecular weight excluding hydrogens is 302 g/mol. The minimum Gasteiger partial charge on any atom is -0.391 e. The van der Waals surface area contributed by atoms with Crippen LogP contribution in [0.2, 0.25) is 0 Å². The second-order valence-corrected chi connectivity index (χ2v) is 7.09. The van der Waals surface area contributed by atoms with Crippen LogP contribution in [0, 0.1) is 0 Å². The number of carbonyl (C=O) groups is 1. The lowest BCUT2D eigenvalue weighted by atomic mass is 10.0. The number of amides is 2. The summed E-state index contributed by atoms with van der Waals surface area (Å²) >= 11 is 0. The molecule has 0 aromatic heterocycles. The number of aliphatic hydroxyl groups is 1. The lowest BCUT2D eigenvalue weighted by Crippen LogP contribution is -2.52. The maximum absolute atomic E-state index is 12.3. The van der Waals surface area contributed by atoms with Crippen LogP contribution < -0.4 is 5.32 Å². The highest BCUT2D eigenvalue weighted by atomic mass is 16.3. The van der Waals surface area contributed by atoms with Crippen LogP contribution in [0.5, 0.6) is 0 Å². The van der Waals surface area contributed by atoms with Gasteiger partial charge in [-0.25, -0.2) is 4.79 Å². The highest BCUT2D eigenvalue weighted by Gasteiger charge is 2.27. The largest absolute Gasteiger partial charge is 0.391 e. The number of carbonyl (C=O) groups excluding carboxylic acids is 1. The number of hydrogen-bond acceptors (Lipinski definition) is 3. The molecule has 2 aliphatic rings. The molecule has 2 fully saturated rings. The maximum Gasteiger partial charge on any atom is 0.317 e. The monoisotopic (exact) mass is 331 g/mol. The summed E-state index contributed by atoms with van der Waals surface area (Å²) in [6, 6.07) is 11.2. The molecule has 3 rings (SSSR count). The third kappa shape index (κ3) is 4.28. The molecule has 1 aromatic rings. The summed E-state index contributed by atoms with van der Waals surface area (Å²) in [5.41, 5.74) is 1.35. The molecule has 2 saturated heterocycles. The number of likely N-dealkylation sites (tertiary alicyclic amines) is 2. The molecule has 0 radical (unpaired) electrons. The second-order valence-electron chi connectivity index (χ2n) is 7.09. The second kappa shape index (κ2) is 7.99. The lowest BCUT2D eigenvalue weighted by Gasteiger charge is -2.38. The third-order valence-corrected chi connectivity index (χ3v) is 5.37. The zero-order valence-corrected chi connectivity index (χ0v) is 14.5. The number of rotatable bonds is 3. The summed E-state index contributed by atoms with van der Waals surface area (Å²) in [6.45, 7) is 5.49. The van der Waals surface area contributed by atoms with E-state index in [9.17, 15) is 9.90 Å². The van der Waals surface area contributed by atoms with E-state index in [0.717, 1.165) is 45.3 Å². The number of nitrogens with one attached hydrogen (secondary N) is 1. The van der Waals surface area contributed by atoms with Gasteiger partial charge in [-0.05, 0) is 38.2 Å². The molecule has 2 N–H and O–H groups in total. The van der Waals surface area contributed by atoms with Crippen LogP contribution in [0.1, 0.15) is 44.2 Å². The van der Waals surface area contributed by atoms with Crippen molar-refractivity contribution in [2.75, 3.05) is 26.2 Å². The van der Waals surface area contributed by atoms with Gasteiger partial charge in [0.1, 0.15) is 0 Å². The quantitative estimate of drug-likeness (QED) is 0.894. The molecule has 2 aliphatic heterocycles. The van der Waals surface area contributed by atoms with Crippen molar-refractivity contribution in [2.24, 2.45) is 0 Å². The summed E-state index contributed by atoms with van der Waals surface area (Å²) < 4.78 is 0. The molecule has 0 saturated carbocycles. The maximum atomic E-state index is 12.3. The first-order valence-corrected chi connectivity index (χ1v) is 9.16. The van der Waals surface area contributed by atoms with Crippen LogP contribution >= 0.6 is 0 Å². The Labute approximate surface area is 144 Å². The van der Waals surface area contributed by atoms with Crippen molar-refractivity contribution in [3.8, 4) is 0 Å². The average Bonchev–Trinajstić information content (AvgIpc) is 2.62. The van der Waals surface area contributed by atoms with E-state index in [-0.39, 0.29) is 18.2 Å². The fourth-order valence-corrected chi connectivity index (χ4v) is 3.78. The summed E-state index contributed by atoms with van der Waals surface area (Å²) in [6.07, 6.45) is 3.30. The molecule has 132 valence electrons. The summed E-state index contributed by atoms with van der Waals surface area (Å²) in [4.78, 5) is 16.6. The number of aliphatic hydroxyl groups excluding tert-OH is 1. The zero-order chi connectivity index (χ0) is 16.9. The van der Waals surface area contributed by atoms with Crippen molar-refractivity contribution in [2.45, 2.75) is 50.8 Å². The molecule has 2 amide bonds. The van der Waals surface area contributed by atoms with Crippen molar-refractivity contribution in [1.82, 2.24) is 15.1 Å². The van der Waals surface area contributed by atoms with Gasteiger partial charge in [0, 0.05) is 38.3 Å². The highest BCUT2D eigenvalue weighted by molar-refractivity contribution is 5.74. The van der Waals surface area contributed by atoms with Crippen LogP contribution in [0.4, 0.5) is 4.79 Å². The Morgan fingerprint density at radius 3 is 2.54 bits per heavy atom. The molecule has 0 bridgehead atoms. The minimum absolute atomic E-state index is 0.0108. The van der Waals surface area contributed by atoms with Crippen LogP contribution in [-0.4, -0.2) is 59.3 Å². The first-order chi connectivity index (χ1) is 11.6. The lowest BCUT2D eigenvalue weighted by molar-refractivity contribution is 0.0810. The van der Waals surface area contributed by atoms with E-state index in [1.165, 1.54) is 5.56 Å². The van der Waals surface area contributed by atoms with Gasteiger partial charge in [0.25, 0.3) is 0 Å². The van der Waals surface area contributed by atoms with Crippen molar-refractivity contribution in [1.29, 1.82) is 0 Å². The number of urea groups is 1. The van der Waals surface area contributed by atoms with Crippen LogP contribution in [0.15, 0.2) is 30.3 Å². The van der Waals surface area contributed by atoms with E-state index >= 15 is 0 Å². The smallest absolute Gasteiger partial charge is 0.317 e. The SMILES string of the molecule is CC(c1ccccc1)N1CCC(NC(=O)N2CCCC(O)C2)CC1. The molecule has 1 aromatic carbocycles. The molecular formula is C19H29N3O2. The normalized spacial score (nSPS) is 24.6. The summed E-state index contributed by atoms with van der Waals surface area (Å²) in [5.74, 6) is 0. The Balaban J connectivity index is 1.46. The summed E-state index contributed by atoms with van der Waals surface area (Å²) in [5, 5.41) is 12.9. The predicted molar refractivity (Wildman–Crippen MR) is 94.8 cm³/mol. The number of β-amino-alcohol motifs (C(OH)–C–C–N with tert-alkyl or cyclic N) is 1. The zero-order valence-electron chi connectivity index (χ0n) is 14.5. The Hall–Kier alpha value is -1.59. The first-order valence-electron chi connectivity index (χ1n) is 9.16. The first kappa shape index (κ1) is 17.2. The number of piperidine rings is 2. The van der Waals surface area contributed by atoms with Gasteiger partial charge in [0.15, 0.2) is 0 Å². The van der Waals surface area contributed by atoms with Gasteiger partial charge in [0.2, 0.25) is 0 Å². The van der Waals surface area contributed by atoms with Gasteiger partial charge < -0.3 is 15.3 Å². The predicted octanol–water partition coefficient (Wildman–Crippen LogP) is 2.38. The Bertz CT molecular complexity index is 529. The molecule has 5 heteroatoms. The van der Waals surface area contributed by atoms with Crippen molar-refractivity contribution in [3.63, 3.8) is 0 Å². The van der Waals surface area contributed by atoms with E-state index in [0.29, 0.717) is 12.6 Å². The van der Waals surface area contributed by atoms with Gasteiger partial charge in [-0.3, -0.25) is 4.90 Å². The van der Waals surface area contributed by atoms with Gasteiger partial charge in [-0.1, -0.05) is 30.3 Å².